The summed E-state index contributed by atoms with van der Waals surface area (Å²) in [4.78, 5) is 0. The molecule has 2 atom stereocenters. The Kier molecular flexibility index (Phi) is 3.21. The fraction of sp³-hybridized carbons (Fsp3) is 0.714. The smallest absolute Gasteiger partial charge is 0.0807 e. The number of aryl methyl sites for hydroxylation is 2. The van der Waals surface area contributed by atoms with Crippen LogP contribution in [0, 0.1) is 0 Å². The molecule has 1 aromatic rings. The van der Waals surface area contributed by atoms with Crippen LogP contribution in [0.5, 0.6) is 0 Å². The van der Waals surface area contributed by atoms with E-state index in [1.165, 1.54) is 18.4 Å². The van der Waals surface area contributed by atoms with Gasteiger partial charge < -0.3 is 14.4 Å². The van der Waals surface area contributed by atoms with Gasteiger partial charge in [0.1, 0.15) is 0 Å². The van der Waals surface area contributed by atoms with E-state index in [1.807, 2.05) is 0 Å². The second-order valence-corrected chi connectivity index (χ2v) is 5.31. The van der Waals surface area contributed by atoms with Crippen LogP contribution in [0.15, 0.2) is 12.4 Å². The quantitative estimate of drug-likeness (QED) is 0.873. The molecule has 1 aliphatic heterocycles. The minimum atomic E-state index is -0.234. The number of aliphatic hydroxyl groups excluding tert-OH is 1. The third-order valence-corrected chi connectivity index (χ3v) is 4.01. The molecule has 0 spiro atoms. The zero-order valence-corrected chi connectivity index (χ0v) is 10.3. The Hall–Kier alpha value is -0.800. The van der Waals surface area contributed by atoms with Crippen molar-refractivity contribution in [3.05, 3.63) is 23.5 Å². The second kappa shape index (κ2) is 4.83. The number of nitrogens with zero attached hydrogens (tertiary/aromatic N) is 1. The molecule has 0 aromatic carbocycles. The third kappa shape index (κ3) is 2.40. The molecule has 1 saturated heterocycles. The van der Waals surface area contributed by atoms with Gasteiger partial charge in [-0.2, -0.15) is 0 Å². The minimum Gasteiger partial charge on any atom is -0.388 e. The van der Waals surface area contributed by atoms with Gasteiger partial charge in [-0.25, -0.2) is 0 Å². The van der Waals surface area contributed by atoms with Crippen molar-refractivity contribution >= 4 is 0 Å². The van der Waals surface area contributed by atoms with Crippen LogP contribution in [-0.4, -0.2) is 22.4 Å². The summed E-state index contributed by atoms with van der Waals surface area (Å²) in [5, 5.41) is 9.92. The average molecular weight is 235 g/mol. The summed E-state index contributed by atoms with van der Waals surface area (Å²) in [5.74, 6) is 0. The first-order valence-corrected chi connectivity index (χ1v) is 6.81. The van der Waals surface area contributed by atoms with Gasteiger partial charge in [-0.05, 0) is 44.1 Å². The predicted octanol–water partition coefficient (Wildman–Crippen LogP) is 2.43. The fourth-order valence-corrected chi connectivity index (χ4v) is 3.02. The van der Waals surface area contributed by atoms with Crippen molar-refractivity contribution in [3.63, 3.8) is 0 Å². The molecule has 0 saturated carbocycles. The number of hydrogen-bond acceptors (Lipinski definition) is 2. The van der Waals surface area contributed by atoms with E-state index in [0.29, 0.717) is 6.10 Å². The van der Waals surface area contributed by atoms with Gasteiger partial charge >= 0.3 is 0 Å². The fourth-order valence-electron chi connectivity index (χ4n) is 3.02. The maximum atomic E-state index is 9.92. The van der Waals surface area contributed by atoms with Crippen LogP contribution < -0.4 is 0 Å². The molecule has 0 radical (unpaired) electrons. The van der Waals surface area contributed by atoms with E-state index >= 15 is 0 Å². The highest BCUT2D eigenvalue weighted by Gasteiger charge is 2.20. The van der Waals surface area contributed by atoms with Crippen molar-refractivity contribution in [1.29, 1.82) is 0 Å². The summed E-state index contributed by atoms with van der Waals surface area (Å²) in [7, 11) is 0. The molecule has 3 heteroatoms. The zero-order valence-electron chi connectivity index (χ0n) is 10.3. The van der Waals surface area contributed by atoms with Gasteiger partial charge in [-0.15, -0.1) is 0 Å². The Morgan fingerprint density at radius 1 is 1.29 bits per heavy atom. The van der Waals surface area contributed by atoms with Gasteiger partial charge in [0.15, 0.2) is 0 Å². The van der Waals surface area contributed by atoms with E-state index in [9.17, 15) is 5.11 Å². The lowest BCUT2D eigenvalue weighted by atomic mass is 9.93. The first-order valence-electron chi connectivity index (χ1n) is 6.81. The van der Waals surface area contributed by atoms with Gasteiger partial charge in [0, 0.05) is 31.1 Å². The number of rotatable bonds is 3. The van der Waals surface area contributed by atoms with E-state index in [1.54, 1.807) is 0 Å². The van der Waals surface area contributed by atoms with Gasteiger partial charge in [0.05, 0.1) is 12.2 Å². The Morgan fingerprint density at radius 2 is 2.24 bits per heavy atom. The molecule has 2 aliphatic rings. The molecule has 1 fully saturated rings. The van der Waals surface area contributed by atoms with Crippen LogP contribution >= 0.6 is 0 Å². The standard InChI is InChI=1S/C14H21NO2/c16-14-5-1-3-11-9-15(10-13(11)14)7-6-12-4-2-8-17-12/h9-10,12,14,16H,1-8H2. The molecule has 2 heterocycles. The maximum absolute atomic E-state index is 9.92. The topological polar surface area (TPSA) is 34.4 Å². The Bertz CT molecular complexity index is 380. The highest BCUT2D eigenvalue weighted by Crippen LogP contribution is 2.30. The minimum absolute atomic E-state index is 0.234. The number of fused-ring (bicyclic) bond motifs is 1. The molecule has 0 bridgehead atoms. The summed E-state index contributed by atoms with van der Waals surface area (Å²) in [5.41, 5.74) is 2.50. The number of ether oxygens (including phenoxy) is 1. The van der Waals surface area contributed by atoms with Crippen LogP contribution in [0.4, 0.5) is 0 Å². The van der Waals surface area contributed by atoms with E-state index in [4.69, 9.17) is 4.74 Å². The largest absolute Gasteiger partial charge is 0.388 e. The van der Waals surface area contributed by atoms with Gasteiger partial charge in [-0.1, -0.05) is 0 Å². The first kappa shape index (κ1) is 11.3. The predicted molar refractivity (Wildman–Crippen MR) is 65.9 cm³/mol. The molecule has 2 unspecified atom stereocenters. The van der Waals surface area contributed by atoms with Crippen molar-refractivity contribution in [2.24, 2.45) is 0 Å². The van der Waals surface area contributed by atoms with Crippen LogP contribution in [-0.2, 0) is 17.7 Å². The molecule has 1 aromatic heterocycles. The van der Waals surface area contributed by atoms with Gasteiger partial charge in [0.2, 0.25) is 0 Å². The third-order valence-electron chi connectivity index (χ3n) is 4.01. The van der Waals surface area contributed by atoms with E-state index in [-0.39, 0.29) is 6.10 Å². The molecule has 3 nitrogen and oxygen atoms in total. The van der Waals surface area contributed by atoms with Crippen molar-refractivity contribution < 1.29 is 9.84 Å². The van der Waals surface area contributed by atoms with E-state index in [0.717, 1.165) is 44.4 Å². The number of aliphatic hydroxyl groups is 1. The lowest BCUT2D eigenvalue weighted by molar-refractivity contribution is 0.100. The lowest BCUT2D eigenvalue weighted by Crippen LogP contribution is -2.09. The zero-order chi connectivity index (χ0) is 11.7. The highest BCUT2D eigenvalue weighted by molar-refractivity contribution is 5.28. The Balaban J connectivity index is 1.63. The van der Waals surface area contributed by atoms with Crippen molar-refractivity contribution in [2.45, 2.75) is 57.3 Å². The molecular weight excluding hydrogens is 214 g/mol. The Morgan fingerprint density at radius 3 is 3.00 bits per heavy atom. The van der Waals surface area contributed by atoms with E-state index in [2.05, 4.69) is 17.0 Å². The summed E-state index contributed by atoms with van der Waals surface area (Å²) in [6.45, 7) is 1.95. The normalized spacial score (nSPS) is 28.3. The van der Waals surface area contributed by atoms with Crippen LogP contribution in [0.25, 0.3) is 0 Å². The van der Waals surface area contributed by atoms with Crippen molar-refractivity contribution in [1.82, 2.24) is 4.57 Å². The lowest BCUT2D eigenvalue weighted by Gasteiger charge is -2.16. The summed E-state index contributed by atoms with van der Waals surface area (Å²) in [6, 6.07) is 0. The SMILES string of the molecule is OC1CCCc2cn(CCC3CCCO3)cc21. The average Bonchev–Trinajstić information content (AvgIpc) is 2.95. The van der Waals surface area contributed by atoms with Crippen molar-refractivity contribution in [2.75, 3.05) is 6.61 Å². The molecule has 0 amide bonds. The summed E-state index contributed by atoms with van der Waals surface area (Å²) >= 11 is 0. The van der Waals surface area contributed by atoms with Crippen molar-refractivity contribution in [3.8, 4) is 0 Å². The van der Waals surface area contributed by atoms with Crippen LogP contribution in [0.1, 0.15) is 49.3 Å². The van der Waals surface area contributed by atoms with Crippen LogP contribution in [0.2, 0.25) is 0 Å². The molecule has 94 valence electrons. The molecular formula is C14H21NO2. The summed E-state index contributed by atoms with van der Waals surface area (Å²) in [6.07, 6.45) is 11.3. The molecule has 1 aliphatic carbocycles. The summed E-state index contributed by atoms with van der Waals surface area (Å²) < 4.78 is 7.87. The number of aromatic nitrogens is 1. The molecule has 1 N–H and O–H groups in total. The highest BCUT2D eigenvalue weighted by atomic mass is 16.5. The molecule has 17 heavy (non-hydrogen) atoms. The first-order chi connectivity index (χ1) is 8.33. The Labute approximate surface area is 102 Å². The maximum Gasteiger partial charge on any atom is 0.0807 e. The van der Waals surface area contributed by atoms with Gasteiger partial charge in [0.25, 0.3) is 0 Å². The monoisotopic (exact) mass is 235 g/mol. The van der Waals surface area contributed by atoms with Crippen LogP contribution in [0.3, 0.4) is 0 Å². The second-order valence-electron chi connectivity index (χ2n) is 5.31. The van der Waals surface area contributed by atoms with Gasteiger partial charge in [-0.3, -0.25) is 0 Å². The molecule has 3 rings (SSSR count). The van der Waals surface area contributed by atoms with E-state index < -0.39 is 0 Å². The number of hydrogen-bond donors (Lipinski definition) is 1.